The highest BCUT2D eigenvalue weighted by Gasteiger charge is 2.11. The molecule has 3 aromatic rings. The molecule has 0 aliphatic rings. The van der Waals surface area contributed by atoms with Gasteiger partial charge in [0.2, 0.25) is 0 Å². The van der Waals surface area contributed by atoms with Crippen molar-refractivity contribution in [1.29, 1.82) is 0 Å². The lowest BCUT2D eigenvalue weighted by molar-refractivity contribution is -0.118. The molecule has 0 fully saturated rings. The molecule has 0 spiro atoms. The van der Waals surface area contributed by atoms with Crippen molar-refractivity contribution < 1.29 is 14.3 Å². The van der Waals surface area contributed by atoms with E-state index in [9.17, 15) is 9.59 Å². The van der Waals surface area contributed by atoms with E-state index in [-0.39, 0.29) is 24.5 Å². The lowest BCUT2D eigenvalue weighted by Crippen LogP contribution is -2.30. The van der Waals surface area contributed by atoms with E-state index in [0.29, 0.717) is 17.0 Å². The SMILES string of the molecule is CC(C)NC(=O)c1cccc(NC(=O)COc2ccc(-c3ccccc3)cc2Br)c1. The van der Waals surface area contributed by atoms with Crippen LogP contribution >= 0.6 is 15.9 Å². The minimum atomic E-state index is -0.310. The molecular formula is C24H23BrN2O3. The summed E-state index contributed by atoms with van der Waals surface area (Å²) in [6.45, 7) is 3.64. The number of halogens is 1. The highest BCUT2D eigenvalue weighted by Crippen LogP contribution is 2.30. The van der Waals surface area contributed by atoms with E-state index in [1.165, 1.54) is 0 Å². The fourth-order valence-electron chi connectivity index (χ4n) is 2.85. The Kier molecular flexibility index (Phi) is 7.25. The topological polar surface area (TPSA) is 67.4 Å². The Balaban J connectivity index is 1.59. The summed E-state index contributed by atoms with van der Waals surface area (Å²) in [5.74, 6) is 0.0881. The number of hydrogen-bond donors (Lipinski definition) is 2. The molecular weight excluding hydrogens is 444 g/mol. The first kappa shape index (κ1) is 21.6. The van der Waals surface area contributed by atoms with Crippen LogP contribution in [0.3, 0.4) is 0 Å². The fourth-order valence-corrected chi connectivity index (χ4v) is 3.35. The molecule has 0 unspecified atom stereocenters. The van der Waals surface area contributed by atoms with E-state index in [1.807, 2.05) is 62.4 Å². The number of rotatable bonds is 7. The molecule has 0 heterocycles. The molecule has 2 amide bonds. The maximum absolute atomic E-state index is 12.3. The zero-order valence-electron chi connectivity index (χ0n) is 16.8. The normalized spacial score (nSPS) is 10.5. The predicted molar refractivity (Wildman–Crippen MR) is 123 cm³/mol. The summed E-state index contributed by atoms with van der Waals surface area (Å²) in [6, 6.07) is 22.6. The standard InChI is InChI=1S/C24H23BrN2O3/c1-16(2)26-24(29)19-9-6-10-20(13-19)27-23(28)15-30-22-12-11-18(14-21(22)25)17-7-4-3-5-8-17/h3-14,16H,15H2,1-2H3,(H,26,29)(H,27,28). The molecule has 0 aliphatic carbocycles. The average molecular weight is 467 g/mol. The van der Waals surface area contributed by atoms with Crippen LogP contribution in [0.5, 0.6) is 5.75 Å². The highest BCUT2D eigenvalue weighted by molar-refractivity contribution is 9.10. The molecule has 3 rings (SSSR count). The first-order valence-electron chi connectivity index (χ1n) is 9.61. The Morgan fingerprint density at radius 3 is 2.40 bits per heavy atom. The smallest absolute Gasteiger partial charge is 0.262 e. The lowest BCUT2D eigenvalue weighted by atomic mass is 10.1. The van der Waals surface area contributed by atoms with Crippen LogP contribution in [0.15, 0.2) is 77.3 Å². The fraction of sp³-hybridized carbons (Fsp3) is 0.167. The zero-order valence-corrected chi connectivity index (χ0v) is 18.4. The van der Waals surface area contributed by atoms with Crippen molar-refractivity contribution in [3.05, 3.63) is 82.8 Å². The van der Waals surface area contributed by atoms with Gasteiger partial charge in [0.1, 0.15) is 5.75 Å². The molecule has 0 bridgehead atoms. The Bertz CT molecular complexity index is 1040. The third kappa shape index (κ3) is 5.94. The summed E-state index contributed by atoms with van der Waals surface area (Å²) in [7, 11) is 0. The molecule has 154 valence electrons. The van der Waals surface area contributed by atoms with Gasteiger partial charge in [0.15, 0.2) is 6.61 Å². The highest BCUT2D eigenvalue weighted by atomic mass is 79.9. The second kappa shape index (κ2) is 10.1. The number of hydrogen-bond acceptors (Lipinski definition) is 3. The van der Waals surface area contributed by atoms with Crippen LogP contribution in [0.2, 0.25) is 0 Å². The van der Waals surface area contributed by atoms with Crippen molar-refractivity contribution >= 4 is 33.4 Å². The van der Waals surface area contributed by atoms with Gasteiger partial charge < -0.3 is 15.4 Å². The number of benzene rings is 3. The van der Waals surface area contributed by atoms with Gasteiger partial charge in [0, 0.05) is 17.3 Å². The van der Waals surface area contributed by atoms with Gasteiger partial charge in [0.25, 0.3) is 11.8 Å². The van der Waals surface area contributed by atoms with Crippen molar-refractivity contribution in [2.75, 3.05) is 11.9 Å². The van der Waals surface area contributed by atoms with Gasteiger partial charge in [0.05, 0.1) is 4.47 Å². The Hall–Kier alpha value is -3.12. The number of carbonyl (C=O) groups excluding carboxylic acids is 2. The van der Waals surface area contributed by atoms with Crippen LogP contribution in [-0.4, -0.2) is 24.5 Å². The molecule has 0 saturated heterocycles. The number of amides is 2. The molecule has 0 saturated carbocycles. The molecule has 3 aromatic carbocycles. The zero-order chi connectivity index (χ0) is 21.5. The maximum Gasteiger partial charge on any atom is 0.262 e. The van der Waals surface area contributed by atoms with Gasteiger partial charge in [-0.05, 0) is 71.2 Å². The maximum atomic E-state index is 12.3. The lowest BCUT2D eigenvalue weighted by Gasteiger charge is -2.12. The van der Waals surface area contributed by atoms with E-state index >= 15 is 0 Å². The van der Waals surface area contributed by atoms with Crippen molar-refractivity contribution in [3.63, 3.8) is 0 Å². The van der Waals surface area contributed by atoms with Crippen LogP contribution in [0.4, 0.5) is 5.69 Å². The van der Waals surface area contributed by atoms with Crippen LogP contribution < -0.4 is 15.4 Å². The third-order valence-electron chi connectivity index (χ3n) is 4.23. The van der Waals surface area contributed by atoms with Crippen molar-refractivity contribution in [2.45, 2.75) is 19.9 Å². The van der Waals surface area contributed by atoms with Gasteiger partial charge in [-0.25, -0.2) is 0 Å². The monoisotopic (exact) mass is 466 g/mol. The van der Waals surface area contributed by atoms with Gasteiger partial charge in [-0.1, -0.05) is 42.5 Å². The van der Waals surface area contributed by atoms with Gasteiger partial charge in [-0.15, -0.1) is 0 Å². The summed E-state index contributed by atoms with van der Waals surface area (Å²) >= 11 is 3.51. The number of nitrogens with one attached hydrogen (secondary N) is 2. The van der Waals surface area contributed by atoms with Gasteiger partial charge in [-0.3, -0.25) is 9.59 Å². The minimum Gasteiger partial charge on any atom is -0.483 e. The van der Waals surface area contributed by atoms with E-state index in [2.05, 4.69) is 26.6 Å². The summed E-state index contributed by atoms with van der Waals surface area (Å²) in [5, 5.41) is 5.59. The molecule has 0 aliphatic heterocycles. The van der Waals surface area contributed by atoms with Gasteiger partial charge >= 0.3 is 0 Å². The quantitative estimate of drug-likeness (QED) is 0.498. The molecule has 0 atom stereocenters. The number of carbonyl (C=O) groups is 2. The van der Waals surface area contributed by atoms with E-state index in [0.717, 1.165) is 15.6 Å². The Morgan fingerprint density at radius 2 is 1.70 bits per heavy atom. The van der Waals surface area contributed by atoms with Crippen molar-refractivity contribution in [3.8, 4) is 16.9 Å². The molecule has 30 heavy (non-hydrogen) atoms. The molecule has 6 heteroatoms. The largest absolute Gasteiger partial charge is 0.483 e. The molecule has 0 aromatic heterocycles. The summed E-state index contributed by atoms with van der Waals surface area (Å²) < 4.78 is 6.42. The second-order valence-corrected chi connectivity index (χ2v) is 7.91. The first-order valence-corrected chi connectivity index (χ1v) is 10.4. The second-order valence-electron chi connectivity index (χ2n) is 7.06. The number of ether oxygens (including phenoxy) is 1. The predicted octanol–water partition coefficient (Wildman–Crippen LogP) is 5.27. The molecule has 5 nitrogen and oxygen atoms in total. The van der Waals surface area contributed by atoms with E-state index in [4.69, 9.17) is 4.74 Å². The van der Waals surface area contributed by atoms with Crippen LogP contribution in [0.1, 0.15) is 24.2 Å². The summed E-state index contributed by atoms with van der Waals surface area (Å²) in [5.41, 5.74) is 3.18. The molecule has 0 radical (unpaired) electrons. The van der Waals surface area contributed by atoms with Crippen LogP contribution in [-0.2, 0) is 4.79 Å². The van der Waals surface area contributed by atoms with Crippen molar-refractivity contribution in [2.24, 2.45) is 0 Å². The van der Waals surface area contributed by atoms with Crippen molar-refractivity contribution in [1.82, 2.24) is 5.32 Å². The summed E-state index contributed by atoms with van der Waals surface area (Å²) in [6.07, 6.45) is 0. The first-order chi connectivity index (χ1) is 14.4. The van der Waals surface area contributed by atoms with Crippen LogP contribution in [0.25, 0.3) is 11.1 Å². The molecule has 2 N–H and O–H groups in total. The Labute approximate surface area is 184 Å². The van der Waals surface area contributed by atoms with E-state index in [1.54, 1.807) is 24.3 Å². The van der Waals surface area contributed by atoms with E-state index < -0.39 is 0 Å². The Morgan fingerprint density at radius 1 is 0.933 bits per heavy atom. The van der Waals surface area contributed by atoms with Gasteiger partial charge in [-0.2, -0.15) is 0 Å². The average Bonchev–Trinajstić information content (AvgIpc) is 2.73. The number of anilines is 1. The minimum absolute atomic E-state index is 0.0378. The third-order valence-corrected chi connectivity index (χ3v) is 4.85. The summed E-state index contributed by atoms with van der Waals surface area (Å²) in [4.78, 5) is 24.4. The van der Waals surface area contributed by atoms with Crippen LogP contribution in [0, 0.1) is 0 Å².